The molecule has 1 aromatic heterocycles. The maximum absolute atomic E-state index is 3.65. The van der Waals surface area contributed by atoms with Crippen LogP contribution in [0.4, 0.5) is 0 Å². The van der Waals surface area contributed by atoms with Gasteiger partial charge in [-0.15, -0.1) is 23.1 Å². The molecule has 0 saturated carbocycles. The molecule has 20 heavy (non-hydrogen) atoms. The summed E-state index contributed by atoms with van der Waals surface area (Å²) in [6, 6.07) is 10.9. The van der Waals surface area contributed by atoms with E-state index in [4.69, 9.17) is 0 Å². The number of halogens is 2. The monoisotopic (exact) mass is 433 g/mol. The van der Waals surface area contributed by atoms with Crippen LogP contribution in [-0.4, -0.2) is 12.3 Å². The van der Waals surface area contributed by atoms with Crippen LogP contribution in [0.5, 0.6) is 0 Å². The van der Waals surface area contributed by atoms with E-state index in [-0.39, 0.29) is 0 Å². The van der Waals surface area contributed by atoms with E-state index >= 15 is 0 Å². The summed E-state index contributed by atoms with van der Waals surface area (Å²) in [6.07, 6.45) is 1.15. The highest BCUT2D eigenvalue weighted by atomic mass is 79.9. The first-order valence-corrected chi connectivity index (χ1v) is 10.0. The van der Waals surface area contributed by atoms with Gasteiger partial charge in [-0.05, 0) is 68.4 Å². The molecule has 0 radical (unpaired) electrons. The standard InChI is InChI=1S/C15H17Br2NS2/c1-2-8-18-13(15-12(17)7-9-19-15)10-20-14-6-4-3-5-11(14)16/h3-7,9,13,18H,2,8,10H2,1H3. The number of hydrogen-bond acceptors (Lipinski definition) is 3. The molecule has 0 saturated heterocycles. The summed E-state index contributed by atoms with van der Waals surface area (Å²) in [4.78, 5) is 2.68. The summed E-state index contributed by atoms with van der Waals surface area (Å²) < 4.78 is 2.38. The molecule has 0 fully saturated rings. The molecule has 0 aliphatic carbocycles. The Labute approximate surface area is 145 Å². The normalized spacial score (nSPS) is 12.6. The Hall–Kier alpha value is 0.190. The van der Waals surface area contributed by atoms with Crippen LogP contribution in [0.25, 0.3) is 0 Å². The van der Waals surface area contributed by atoms with Crippen LogP contribution in [-0.2, 0) is 0 Å². The Kier molecular flexibility index (Phi) is 7.11. The van der Waals surface area contributed by atoms with E-state index in [1.165, 1.54) is 18.7 Å². The largest absolute Gasteiger partial charge is 0.309 e. The van der Waals surface area contributed by atoms with Crippen molar-refractivity contribution >= 4 is 55.0 Å². The molecule has 1 aromatic carbocycles. The lowest BCUT2D eigenvalue weighted by Gasteiger charge is -2.18. The highest BCUT2D eigenvalue weighted by molar-refractivity contribution is 9.10. The topological polar surface area (TPSA) is 12.0 Å². The number of thiophene rings is 1. The summed E-state index contributed by atoms with van der Waals surface area (Å²) in [5.74, 6) is 1.03. The van der Waals surface area contributed by atoms with Gasteiger partial charge in [0.1, 0.15) is 0 Å². The lowest BCUT2D eigenvalue weighted by atomic mass is 10.2. The zero-order chi connectivity index (χ0) is 14.4. The van der Waals surface area contributed by atoms with Crippen LogP contribution in [0.3, 0.4) is 0 Å². The van der Waals surface area contributed by atoms with Gasteiger partial charge in [0.25, 0.3) is 0 Å². The SMILES string of the molecule is CCCNC(CSc1ccccc1Br)c1sccc1Br. The predicted molar refractivity (Wildman–Crippen MR) is 97.9 cm³/mol. The minimum absolute atomic E-state index is 0.390. The lowest BCUT2D eigenvalue weighted by Crippen LogP contribution is -2.23. The molecule has 0 aliphatic heterocycles. The fourth-order valence-corrected chi connectivity index (χ4v) is 5.31. The molecule has 0 bridgehead atoms. The Morgan fingerprint density at radius 2 is 2.00 bits per heavy atom. The second-order valence-electron chi connectivity index (χ2n) is 4.38. The van der Waals surface area contributed by atoms with E-state index in [0.29, 0.717) is 6.04 Å². The summed E-state index contributed by atoms with van der Waals surface area (Å²) in [5, 5.41) is 5.79. The predicted octanol–water partition coefficient (Wildman–Crippen LogP) is 6.11. The average molecular weight is 435 g/mol. The molecule has 108 valence electrons. The van der Waals surface area contributed by atoms with Crippen LogP contribution < -0.4 is 5.32 Å². The van der Waals surface area contributed by atoms with Crippen molar-refractivity contribution in [3.63, 3.8) is 0 Å². The fraction of sp³-hybridized carbons (Fsp3) is 0.333. The molecular weight excluding hydrogens is 418 g/mol. The highest BCUT2D eigenvalue weighted by Gasteiger charge is 2.16. The minimum Gasteiger partial charge on any atom is -0.309 e. The van der Waals surface area contributed by atoms with Crippen LogP contribution in [0, 0.1) is 0 Å². The minimum atomic E-state index is 0.390. The Morgan fingerprint density at radius 1 is 1.20 bits per heavy atom. The van der Waals surface area contributed by atoms with Gasteiger partial charge >= 0.3 is 0 Å². The van der Waals surface area contributed by atoms with Gasteiger partial charge in [-0.1, -0.05) is 19.1 Å². The summed E-state index contributed by atoms with van der Waals surface area (Å²) in [6.45, 7) is 3.25. The van der Waals surface area contributed by atoms with Crippen LogP contribution in [0.1, 0.15) is 24.3 Å². The van der Waals surface area contributed by atoms with E-state index < -0.39 is 0 Å². The number of rotatable bonds is 7. The van der Waals surface area contributed by atoms with Gasteiger partial charge < -0.3 is 5.32 Å². The molecule has 0 aliphatic rings. The third kappa shape index (κ3) is 4.60. The number of nitrogens with one attached hydrogen (secondary N) is 1. The van der Waals surface area contributed by atoms with Gasteiger partial charge in [-0.3, -0.25) is 0 Å². The van der Waals surface area contributed by atoms with E-state index in [1.54, 1.807) is 0 Å². The second-order valence-corrected chi connectivity index (χ2v) is 8.10. The smallest absolute Gasteiger partial charge is 0.0521 e. The summed E-state index contributed by atoms with van der Waals surface area (Å²) >= 11 is 11.0. The molecule has 1 atom stereocenters. The van der Waals surface area contributed by atoms with Gasteiger partial charge in [0, 0.05) is 24.5 Å². The van der Waals surface area contributed by atoms with Crippen LogP contribution in [0.15, 0.2) is 49.6 Å². The highest BCUT2D eigenvalue weighted by Crippen LogP contribution is 2.34. The van der Waals surface area contributed by atoms with Gasteiger partial charge in [0.15, 0.2) is 0 Å². The van der Waals surface area contributed by atoms with E-state index in [2.05, 4.69) is 79.8 Å². The van der Waals surface area contributed by atoms with Crippen molar-refractivity contribution in [2.24, 2.45) is 0 Å². The van der Waals surface area contributed by atoms with E-state index in [9.17, 15) is 0 Å². The summed E-state index contributed by atoms with van der Waals surface area (Å²) in [5.41, 5.74) is 0. The maximum atomic E-state index is 3.65. The molecule has 1 heterocycles. The zero-order valence-corrected chi connectivity index (χ0v) is 16.0. The van der Waals surface area contributed by atoms with Crippen molar-refractivity contribution < 1.29 is 0 Å². The van der Waals surface area contributed by atoms with E-state index in [0.717, 1.165) is 18.7 Å². The molecule has 2 rings (SSSR count). The van der Waals surface area contributed by atoms with Gasteiger partial charge in [0.2, 0.25) is 0 Å². The molecule has 0 spiro atoms. The maximum Gasteiger partial charge on any atom is 0.0521 e. The second kappa shape index (κ2) is 8.59. The Morgan fingerprint density at radius 3 is 2.65 bits per heavy atom. The zero-order valence-electron chi connectivity index (χ0n) is 11.2. The average Bonchev–Trinajstić information content (AvgIpc) is 2.87. The molecule has 5 heteroatoms. The Balaban J connectivity index is 2.05. The van der Waals surface area contributed by atoms with Gasteiger partial charge in [0.05, 0.1) is 6.04 Å². The number of thioether (sulfide) groups is 1. The van der Waals surface area contributed by atoms with Crippen LogP contribution in [0.2, 0.25) is 0 Å². The van der Waals surface area contributed by atoms with Gasteiger partial charge in [-0.25, -0.2) is 0 Å². The first-order valence-electron chi connectivity index (χ1n) is 6.56. The molecule has 1 unspecified atom stereocenters. The first kappa shape index (κ1) is 16.6. The molecule has 1 N–H and O–H groups in total. The van der Waals surface area contributed by atoms with Gasteiger partial charge in [-0.2, -0.15) is 0 Å². The quantitative estimate of drug-likeness (QED) is 0.527. The first-order chi connectivity index (χ1) is 9.72. The van der Waals surface area contributed by atoms with E-state index in [1.807, 2.05) is 23.1 Å². The van der Waals surface area contributed by atoms with Crippen molar-refractivity contribution in [1.82, 2.24) is 5.32 Å². The van der Waals surface area contributed by atoms with Crippen molar-refractivity contribution in [3.05, 3.63) is 49.5 Å². The fourth-order valence-electron chi connectivity index (χ4n) is 1.83. The van der Waals surface area contributed by atoms with Crippen molar-refractivity contribution in [3.8, 4) is 0 Å². The number of hydrogen-bond donors (Lipinski definition) is 1. The van der Waals surface area contributed by atoms with Crippen molar-refractivity contribution in [1.29, 1.82) is 0 Å². The van der Waals surface area contributed by atoms with Crippen LogP contribution >= 0.6 is 55.0 Å². The molecule has 1 nitrogen and oxygen atoms in total. The molecule has 0 amide bonds. The van der Waals surface area contributed by atoms with Crippen molar-refractivity contribution in [2.45, 2.75) is 24.3 Å². The third-order valence-electron chi connectivity index (χ3n) is 2.84. The van der Waals surface area contributed by atoms with Crippen molar-refractivity contribution in [2.75, 3.05) is 12.3 Å². The summed E-state index contributed by atoms with van der Waals surface area (Å²) in [7, 11) is 0. The lowest BCUT2D eigenvalue weighted by molar-refractivity contribution is 0.583. The number of benzene rings is 1. The Bertz CT molecular complexity index is 542. The molecular formula is C15H17Br2NS2. The third-order valence-corrected chi connectivity index (χ3v) is 6.95. The molecule has 2 aromatic rings.